The molecule has 28 heavy (non-hydrogen) atoms. The normalized spacial score (nSPS) is 11.4. The highest BCUT2D eigenvalue weighted by Crippen LogP contribution is 2.32. The van der Waals surface area contributed by atoms with E-state index in [0.717, 1.165) is 10.1 Å². The molecule has 0 bridgehead atoms. The monoisotopic (exact) mass is 418 g/mol. The van der Waals surface area contributed by atoms with Gasteiger partial charge in [-0.1, -0.05) is 0 Å². The third-order valence-electron chi connectivity index (χ3n) is 4.28. The molecule has 1 N–H and O–H groups in total. The second-order valence-electron chi connectivity index (χ2n) is 6.04. The molecule has 0 aliphatic rings. The van der Waals surface area contributed by atoms with Crippen molar-refractivity contribution < 1.29 is 17.9 Å². The highest BCUT2D eigenvalue weighted by atomic mass is 32.2. The molecule has 3 aromatic rings. The number of ether oxygens (including phenoxy) is 1. The Morgan fingerprint density at radius 1 is 1.11 bits per heavy atom. The van der Waals surface area contributed by atoms with E-state index in [2.05, 4.69) is 5.32 Å². The van der Waals surface area contributed by atoms with Gasteiger partial charge in [0.1, 0.15) is 5.75 Å². The molecule has 0 unspecified atom stereocenters. The summed E-state index contributed by atoms with van der Waals surface area (Å²) in [6, 6.07) is 13.5. The quantitative estimate of drug-likeness (QED) is 0.632. The van der Waals surface area contributed by atoms with Crippen molar-refractivity contribution in [3.8, 4) is 5.75 Å². The molecule has 0 radical (unpaired) electrons. The predicted octanol–water partition coefficient (Wildman–Crippen LogP) is 3.87. The molecule has 0 saturated carbocycles. The first kappa shape index (κ1) is 20.2. The third kappa shape index (κ3) is 3.83. The summed E-state index contributed by atoms with van der Waals surface area (Å²) in [6.45, 7) is 4.50. The summed E-state index contributed by atoms with van der Waals surface area (Å²) in [5.41, 5.74) is 0.561. The van der Waals surface area contributed by atoms with E-state index in [1.54, 1.807) is 37.3 Å². The standard InChI is InChI=1S/C20H22N2O4S2/c1-4-21-20(23)19-13-14-12-15(6-11-18(14)27-19)22(5-2)28(24,25)17-9-7-16(26-3)8-10-17/h6-13H,4-5H2,1-3H3,(H,21,23). The number of hydrogen-bond acceptors (Lipinski definition) is 5. The van der Waals surface area contributed by atoms with E-state index >= 15 is 0 Å². The van der Waals surface area contributed by atoms with Crippen molar-refractivity contribution in [3.63, 3.8) is 0 Å². The van der Waals surface area contributed by atoms with Gasteiger partial charge in [0.05, 0.1) is 22.6 Å². The van der Waals surface area contributed by atoms with Crippen molar-refractivity contribution in [1.82, 2.24) is 5.32 Å². The second-order valence-corrected chi connectivity index (χ2v) is 8.98. The Balaban J connectivity index is 1.98. The van der Waals surface area contributed by atoms with Gasteiger partial charge in [-0.15, -0.1) is 11.3 Å². The number of amides is 1. The van der Waals surface area contributed by atoms with Gasteiger partial charge in [0.2, 0.25) is 0 Å². The fourth-order valence-corrected chi connectivity index (χ4v) is 5.34. The van der Waals surface area contributed by atoms with Crippen LogP contribution in [-0.2, 0) is 10.0 Å². The summed E-state index contributed by atoms with van der Waals surface area (Å²) in [5, 5.41) is 3.62. The first-order valence-corrected chi connectivity index (χ1v) is 11.1. The minimum atomic E-state index is -3.71. The Morgan fingerprint density at radius 3 is 2.43 bits per heavy atom. The molecular weight excluding hydrogens is 396 g/mol. The fraction of sp³-hybridized carbons (Fsp3) is 0.250. The number of nitrogens with one attached hydrogen (secondary N) is 1. The number of fused-ring (bicyclic) bond motifs is 1. The van der Waals surface area contributed by atoms with Crippen LogP contribution in [0, 0.1) is 0 Å². The van der Waals surface area contributed by atoms with E-state index in [1.807, 2.05) is 13.0 Å². The van der Waals surface area contributed by atoms with Gasteiger partial charge in [0.15, 0.2) is 0 Å². The predicted molar refractivity (Wildman–Crippen MR) is 113 cm³/mol. The molecule has 3 rings (SSSR count). The molecule has 2 aromatic carbocycles. The summed E-state index contributed by atoms with van der Waals surface area (Å²) < 4.78 is 33.6. The lowest BCUT2D eigenvalue weighted by molar-refractivity contribution is 0.0960. The van der Waals surface area contributed by atoms with Crippen LogP contribution >= 0.6 is 11.3 Å². The maximum absolute atomic E-state index is 13.1. The number of carbonyl (C=O) groups is 1. The minimum Gasteiger partial charge on any atom is -0.497 e. The average molecular weight is 419 g/mol. The van der Waals surface area contributed by atoms with Crippen LogP contribution in [-0.4, -0.2) is 34.5 Å². The van der Waals surface area contributed by atoms with Crippen LogP contribution in [0.1, 0.15) is 23.5 Å². The largest absolute Gasteiger partial charge is 0.497 e. The van der Waals surface area contributed by atoms with Crippen molar-refractivity contribution in [3.05, 3.63) is 53.4 Å². The summed E-state index contributed by atoms with van der Waals surface area (Å²) >= 11 is 1.39. The highest BCUT2D eigenvalue weighted by Gasteiger charge is 2.24. The first-order valence-electron chi connectivity index (χ1n) is 8.89. The van der Waals surface area contributed by atoms with Crippen molar-refractivity contribution in [1.29, 1.82) is 0 Å². The number of hydrogen-bond donors (Lipinski definition) is 1. The molecule has 0 aliphatic carbocycles. The number of carbonyl (C=O) groups excluding carboxylic acids is 1. The SMILES string of the molecule is CCNC(=O)c1cc2cc(N(CC)S(=O)(=O)c3ccc(OC)cc3)ccc2s1. The van der Waals surface area contributed by atoms with Gasteiger partial charge in [-0.3, -0.25) is 9.10 Å². The molecule has 6 nitrogen and oxygen atoms in total. The van der Waals surface area contributed by atoms with E-state index in [4.69, 9.17) is 4.74 Å². The van der Waals surface area contributed by atoms with E-state index in [1.165, 1.54) is 34.9 Å². The number of methoxy groups -OCH3 is 1. The zero-order valence-electron chi connectivity index (χ0n) is 15.9. The maximum Gasteiger partial charge on any atom is 0.264 e. The highest BCUT2D eigenvalue weighted by molar-refractivity contribution is 7.92. The van der Waals surface area contributed by atoms with Crippen LogP contribution in [0.5, 0.6) is 5.75 Å². The zero-order chi connectivity index (χ0) is 20.3. The van der Waals surface area contributed by atoms with E-state index in [-0.39, 0.29) is 17.3 Å². The van der Waals surface area contributed by atoms with E-state index in [0.29, 0.717) is 22.9 Å². The van der Waals surface area contributed by atoms with Crippen LogP contribution in [0.15, 0.2) is 53.4 Å². The summed E-state index contributed by atoms with van der Waals surface area (Å²) in [5.74, 6) is 0.475. The molecular formula is C20H22N2O4S2. The number of sulfonamides is 1. The third-order valence-corrected chi connectivity index (χ3v) is 7.32. The van der Waals surface area contributed by atoms with Crippen LogP contribution in [0.2, 0.25) is 0 Å². The second kappa shape index (κ2) is 8.20. The van der Waals surface area contributed by atoms with Gasteiger partial charge in [-0.25, -0.2) is 8.42 Å². The molecule has 148 valence electrons. The van der Waals surface area contributed by atoms with Gasteiger partial charge in [0.25, 0.3) is 15.9 Å². The van der Waals surface area contributed by atoms with E-state index in [9.17, 15) is 13.2 Å². The summed E-state index contributed by atoms with van der Waals surface area (Å²) in [6.07, 6.45) is 0. The molecule has 0 spiro atoms. The Hall–Kier alpha value is -2.58. The van der Waals surface area contributed by atoms with Gasteiger partial charge in [0, 0.05) is 17.8 Å². The minimum absolute atomic E-state index is 0.122. The van der Waals surface area contributed by atoms with Crippen molar-refractivity contribution in [2.75, 3.05) is 24.5 Å². The zero-order valence-corrected chi connectivity index (χ0v) is 17.6. The number of thiophene rings is 1. The molecule has 8 heteroatoms. The Kier molecular flexibility index (Phi) is 5.90. The number of benzene rings is 2. The number of anilines is 1. The Morgan fingerprint density at radius 2 is 1.82 bits per heavy atom. The summed E-state index contributed by atoms with van der Waals surface area (Å²) in [7, 11) is -2.18. The van der Waals surface area contributed by atoms with Gasteiger partial charge < -0.3 is 10.1 Å². The number of rotatable bonds is 7. The lowest BCUT2D eigenvalue weighted by Gasteiger charge is -2.23. The van der Waals surface area contributed by atoms with Crippen LogP contribution in [0.25, 0.3) is 10.1 Å². The average Bonchev–Trinajstić information content (AvgIpc) is 3.12. The molecule has 1 aromatic heterocycles. The van der Waals surface area contributed by atoms with E-state index < -0.39 is 10.0 Å². The van der Waals surface area contributed by atoms with Crippen molar-refractivity contribution in [2.45, 2.75) is 18.7 Å². The molecule has 0 saturated heterocycles. The van der Waals surface area contributed by atoms with Crippen LogP contribution < -0.4 is 14.4 Å². The molecule has 0 fully saturated rings. The lowest BCUT2D eigenvalue weighted by Crippen LogP contribution is -2.30. The first-order chi connectivity index (χ1) is 13.4. The number of nitrogens with zero attached hydrogens (tertiary/aromatic N) is 1. The van der Waals surface area contributed by atoms with Gasteiger partial charge >= 0.3 is 0 Å². The maximum atomic E-state index is 13.1. The Bertz CT molecular complexity index is 1090. The van der Waals surface area contributed by atoms with Crippen LogP contribution in [0.3, 0.4) is 0 Å². The molecule has 0 atom stereocenters. The van der Waals surface area contributed by atoms with Crippen LogP contribution in [0.4, 0.5) is 5.69 Å². The topological polar surface area (TPSA) is 75.7 Å². The smallest absolute Gasteiger partial charge is 0.264 e. The Labute approximate surface area is 168 Å². The van der Waals surface area contributed by atoms with Gasteiger partial charge in [-0.2, -0.15) is 0 Å². The summed E-state index contributed by atoms with van der Waals surface area (Å²) in [4.78, 5) is 12.9. The fourth-order valence-electron chi connectivity index (χ4n) is 2.91. The lowest BCUT2D eigenvalue weighted by atomic mass is 10.2. The van der Waals surface area contributed by atoms with Crippen molar-refractivity contribution >= 4 is 43.0 Å². The molecule has 1 heterocycles. The van der Waals surface area contributed by atoms with Gasteiger partial charge in [-0.05, 0) is 67.8 Å². The van der Waals surface area contributed by atoms with Crippen molar-refractivity contribution in [2.24, 2.45) is 0 Å². The molecule has 1 amide bonds. The molecule has 0 aliphatic heterocycles.